The topological polar surface area (TPSA) is 42.4 Å². The number of carbonyl (C=O) groups excluding carboxylic acids is 1. The quantitative estimate of drug-likeness (QED) is 0.772. The Balaban J connectivity index is 1.70. The number of nitrogens with zero attached hydrogens (tertiary/aromatic N) is 2. The molecule has 0 spiro atoms. The van der Waals surface area contributed by atoms with Crippen molar-refractivity contribution < 1.29 is 9.53 Å². The molecule has 1 aromatic carbocycles. The molecule has 0 radical (unpaired) electrons. The van der Waals surface area contributed by atoms with Gasteiger partial charge in [0.25, 0.3) is 0 Å². The van der Waals surface area contributed by atoms with E-state index in [9.17, 15) is 4.79 Å². The van der Waals surface area contributed by atoms with Crippen LogP contribution in [-0.2, 0) is 4.79 Å². The monoisotopic (exact) mass is 342 g/mol. The summed E-state index contributed by atoms with van der Waals surface area (Å²) in [5, 5.41) is 0. The van der Waals surface area contributed by atoms with Gasteiger partial charge >= 0.3 is 0 Å². The van der Waals surface area contributed by atoms with Crippen molar-refractivity contribution in [3.05, 3.63) is 54.4 Å². The minimum Gasteiger partial charge on any atom is -0.497 e. The van der Waals surface area contributed by atoms with Gasteiger partial charge < -0.3 is 9.64 Å². The summed E-state index contributed by atoms with van der Waals surface area (Å²) in [6.07, 6.45) is 6.76. The second kappa shape index (κ2) is 8.20. The van der Waals surface area contributed by atoms with E-state index < -0.39 is 0 Å². The van der Waals surface area contributed by atoms with Crippen LogP contribution in [0.4, 0.5) is 0 Å². The summed E-state index contributed by atoms with van der Waals surface area (Å²) in [7, 11) is 1.67. The Labute approximate surface area is 147 Å². The van der Waals surface area contributed by atoms with E-state index in [4.69, 9.17) is 4.74 Å². The van der Waals surface area contributed by atoms with Crippen LogP contribution in [0.5, 0.6) is 5.75 Å². The van der Waals surface area contributed by atoms with Gasteiger partial charge in [-0.05, 0) is 49.1 Å². The number of likely N-dealkylation sites (tertiary alicyclic amines) is 1. The molecule has 0 saturated carbocycles. The van der Waals surface area contributed by atoms with Crippen LogP contribution in [0.25, 0.3) is 0 Å². The van der Waals surface area contributed by atoms with Crippen LogP contribution in [0.1, 0.15) is 30.9 Å². The first-order chi connectivity index (χ1) is 11.8. The molecule has 5 heteroatoms. The molecule has 24 heavy (non-hydrogen) atoms. The molecule has 0 bridgehead atoms. The molecular formula is C19H22N2O2S. The van der Waals surface area contributed by atoms with Crippen LogP contribution in [0, 0.1) is 0 Å². The zero-order valence-electron chi connectivity index (χ0n) is 13.9. The fourth-order valence-electron chi connectivity index (χ4n) is 3.09. The summed E-state index contributed by atoms with van der Waals surface area (Å²) >= 11 is 1.57. The van der Waals surface area contributed by atoms with Gasteiger partial charge in [0.15, 0.2) is 0 Å². The summed E-state index contributed by atoms with van der Waals surface area (Å²) < 4.78 is 5.33. The van der Waals surface area contributed by atoms with Gasteiger partial charge in [-0.25, -0.2) is 0 Å². The maximum atomic E-state index is 12.8. The third-order valence-electron chi connectivity index (χ3n) is 4.31. The predicted molar refractivity (Wildman–Crippen MR) is 96.3 cm³/mol. The predicted octanol–water partition coefficient (Wildman–Crippen LogP) is 3.94. The average Bonchev–Trinajstić information content (AvgIpc) is 2.67. The SMILES string of the molecule is COc1cccc([C@@H]2CCCCN2C(=O)CSc2ccncc2)c1. The fraction of sp³-hybridized carbons (Fsp3) is 0.368. The minimum atomic E-state index is 0.152. The number of aromatic nitrogens is 1. The van der Waals surface area contributed by atoms with Crippen LogP contribution in [-0.4, -0.2) is 35.2 Å². The van der Waals surface area contributed by atoms with Crippen molar-refractivity contribution in [2.24, 2.45) is 0 Å². The molecule has 1 aromatic heterocycles. The molecule has 1 saturated heterocycles. The Morgan fingerprint density at radius 3 is 2.92 bits per heavy atom. The van der Waals surface area contributed by atoms with Gasteiger partial charge in [0.1, 0.15) is 5.75 Å². The highest BCUT2D eigenvalue weighted by molar-refractivity contribution is 8.00. The zero-order valence-corrected chi connectivity index (χ0v) is 14.7. The standard InChI is InChI=1S/C19H22N2O2S/c1-23-16-6-4-5-15(13-16)18-7-2-3-12-21(18)19(22)14-24-17-8-10-20-11-9-17/h4-6,8-11,13,18H,2-3,7,12,14H2,1H3/t18-/m0/s1. The third-order valence-corrected chi connectivity index (χ3v) is 5.31. The molecule has 0 N–H and O–H groups in total. The number of carbonyl (C=O) groups is 1. The van der Waals surface area contributed by atoms with Crippen LogP contribution in [0.3, 0.4) is 0 Å². The first kappa shape index (κ1) is 16.8. The minimum absolute atomic E-state index is 0.152. The van der Waals surface area contributed by atoms with Crippen molar-refractivity contribution in [2.75, 3.05) is 19.4 Å². The fourth-order valence-corrected chi connectivity index (χ4v) is 3.86. The van der Waals surface area contributed by atoms with E-state index in [1.54, 1.807) is 31.3 Å². The molecule has 2 heterocycles. The lowest BCUT2D eigenvalue weighted by atomic mass is 9.95. The lowest BCUT2D eigenvalue weighted by Crippen LogP contribution is -2.39. The van der Waals surface area contributed by atoms with Gasteiger partial charge in [-0.15, -0.1) is 11.8 Å². The summed E-state index contributed by atoms with van der Waals surface area (Å²) in [5.74, 6) is 1.51. The van der Waals surface area contributed by atoms with Gasteiger partial charge in [0.2, 0.25) is 5.91 Å². The molecular weight excluding hydrogens is 320 g/mol. The molecule has 1 aliphatic rings. The number of pyridine rings is 1. The van der Waals surface area contributed by atoms with Crippen LogP contribution >= 0.6 is 11.8 Å². The van der Waals surface area contributed by atoms with Crippen molar-refractivity contribution >= 4 is 17.7 Å². The van der Waals surface area contributed by atoms with Gasteiger partial charge in [-0.2, -0.15) is 0 Å². The summed E-state index contributed by atoms with van der Waals surface area (Å²) in [5.41, 5.74) is 1.16. The lowest BCUT2D eigenvalue weighted by Gasteiger charge is -2.36. The Kier molecular flexibility index (Phi) is 5.75. The van der Waals surface area contributed by atoms with Gasteiger partial charge in [-0.3, -0.25) is 9.78 Å². The molecule has 1 amide bonds. The average molecular weight is 342 g/mol. The number of amides is 1. The second-order valence-corrected chi connectivity index (χ2v) is 6.90. The van der Waals surface area contributed by atoms with E-state index in [2.05, 4.69) is 11.1 Å². The van der Waals surface area contributed by atoms with Gasteiger partial charge in [-0.1, -0.05) is 12.1 Å². The number of ether oxygens (including phenoxy) is 1. The second-order valence-electron chi connectivity index (χ2n) is 5.85. The van der Waals surface area contributed by atoms with E-state index in [0.29, 0.717) is 5.75 Å². The van der Waals surface area contributed by atoms with Crippen molar-refractivity contribution in [3.8, 4) is 5.75 Å². The third kappa shape index (κ3) is 4.09. The molecule has 3 rings (SSSR count). The molecule has 1 aliphatic heterocycles. The van der Waals surface area contributed by atoms with Gasteiger partial charge in [0, 0.05) is 23.8 Å². The maximum absolute atomic E-state index is 12.8. The highest BCUT2D eigenvalue weighted by Gasteiger charge is 2.28. The zero-order chi connectivity index (χ0) is 16.8. The van der Waals surface area contributed by atoms with E-state index in [0.717, 1.165) is 42.0 Å². The number of methoxy groups -OCH3 is 1. The number of thioether (sulfide) groups is 1. The van der Waals surface area contributed by atoms with E-state index >= 15 is 0 Å². The van der Waals surface area contributed by atoms with Crippen LogP contribution in [0.15, 0.2) is 53.7 Å². The Morgan fingerprint density at radius 1 is 1.29 bits per heavy atom. The summed E-state index contributed by atoms with van der Waals surface area (Å²) in [6, 6.07) is 12.1. The van der Waals surface area contributed by atoms with E-state index in [-0.39, 0.29) is 11.9 Å². The molecule has 1 fully saturated rings. The molecule has 0 aliphatic carbocycles. The van der Waals surface area contributed by atoms with Gasteiger partial charge in [0.05, 0.1) is 18.9 Å². The maximum Gasteiger partial charge on any atom is 0.233 e. The Bertz CT molecular complexity index is 678. The first-order valence-corrected chi connectivity index (χ1v) is 9.23. The van der Waals surface area contributed by atoms with Crippen molar-refractivity contribution in [1.82, 2.24) is 9.88 Å². The van der Waals surface area contributed by atoms with E-state index in [1.165, 1.54) is 0 Å². The summed E-state index contributed by atoms with van der Waals surface area (Å²) in [6.45, 7) is 0.831. The number of hydrogen-bond acceptors (Lipinski definition) is 4. The molecule has 1 atom stereocenters. The molecule has 0 unspecified atom stereocenters. The molecule has 4 nitrogen and oxygen atoms in total. The lowest BCUT2D eigenvalue weighted by molar-refractivity contribution is -0.132. The van der Waals surface area contributed by atoms with Crippen molar-refractivity contribution in [2.45, 2.75) is 30.2 Å². The number of rotatable bonds is 5. The highest BCUT2D eigenvalue weighted by Crippen LogP contribution is 2.33. The molecule has 126 valence electrons. The summed E-state index contributed by atoms with van der Waals surface area (Å²) in [4.78, 5) is 19.9. The van der Waals surface area contributed by atoms with Crippen molar-refractivity contribution in [3.63, 3.8) is 0 Å². The van der Waals surface area contributed by atoms with Crippen LogP contribution < -0.4 is 4.74 Å². The number of benzene rings is 1. The van der Waals surface area contributed by atoms with E-state index in [1.807, 2.05) is 35.2 Å². The number of piperidine rings is 1. The first-order valence-electron chi connectivity index (χ1n) is 8.24. The van der Waals surface area contributed by atoms with Crippen molar-refractivity contribution in [1.29, 1.82) is 0 Å². The normalized spacial score (nSPS) is 17.5. The number of hydrogen-bond donors (Lipinski definition) is 0. The van der Waals surface area contributed by atoms with Crippen LogP contribution in [0.2, 0.25) is 0 Å². The highest BCUT2D eigenvalue weighted by atomic mass is 32.2. The smallest absolute Gasteiger partial charge is 0.233 e. The Morgan fingerprint density at radius 2 is 2.12 bits per heavy atom. The largest absolute Gasteiger partial charge is 0.497 e. The molecule has 2 aromatic rings. The Hall–Kier alpha value is -2.01.